The first-order chi connectivity index (χ1) is 12.8. The van der Waals surface area contributed by atoms with Crippen LogP contribution in [0.4, 0.5) is 5.69 Å². The van der Waals surface area contributed by atoms with Crippen molar-refractivity contribution in [3.63, 3.8) is 0 Å². The summed E-state index contributed by atoms with van der Waals surface area (Å²) in [6.07, 6.45) is 0.894. The first-order valence-electron chi connectivity index (χ1n) is 8.76. The lowest BCUT2D eigenvalue weighted by Gasteiger charge is -2.13. The summed E-state index contributed by atoms with van der Waals surface area (Å²) in [5, 5.41) is 7.82. The molecule has 0 saturated carbocycles. The van der Waals surface area contributed by atoms with Crippen LogP contribution < -0.4 is 20.1 Å². The molecule has 2 aromatic carbocycles. The molecule has 0 unspecified atom stereocenters. The van der Waals surface area contributed by atoms with E-state index in [1.807, 2.05) is 30.3 Å². The van der Waals surface area contributed by atoms with E-state index >= 15 is 0 Å². The normalized spacial score (nSPS) is 13.6. The summed E-state index contributed by atoms with van der Waals surface area (Å²) >= 11 is 0. The first kappa shape index (κ1) is 19.3. The third-order valence-corrected chi connectivity index (χ3v) is 4.27. The fourth-order valence-electron chi connectivity index (χ4n) is 2.96. The number of nitrogens with one attached hydrogen (secondary N) is 3. The lowest BCUT2D eigenvalue weighted by Crippen LogP contribution is -2.30. The molecule has 0 fully saturated rings. The standard InChI is InChI=1S/C20H22N4O2.HI/c1-21-20(22-13-16-11-14-5-2-3-6-17(14)23-16)24-15-7-8-18-19(12-15)26-10-4-9-25-18;/h2-3,5-8,11-12,23H,4,9-10,13H2,1H3,(H2,21,22,24);1H. The summed E-state index contributed by atoms with van der Waals surface area (Å²) in [5.74, 6) is 2.24. The zero-order valence-electron chi connectivity index (χ0n) is 15.1. The highest BCUT2D eigenvalue weighted by Gasteiger charge is 2.11. The Morgan fingerprint density at radius 1 is 1.07 bits per heavy atom. The Labute approximate surface area is 175 Å². The van der Waals surface area contributed by atoms with Crippen LogP contribution in [-0.4, -0.2) is 31.2 Å². The number of guanidine groups is 1. The molecule has 6 nitrogen and oxygen atoms in total. The van der Waals surface area contributed by atoms with E-state index in [-0.39, 0.29) is 24.0 Å². The van der Waals surface area contributed by atoms with E-state index in [4.69, 9.17) is 9.47 Å². The Balaban J connectivity index is 0.00000210. The van der Waals surface area contributed by atoms with Crippen LogP contribution in [0.25, 0.3) is 10.9 Å². The molecule has 0 amide bonds. The van der Waals surface area contributed by atoms with Crippen LogP contribution in [-0.2, 0) is 6.54 Å². The van der Waals surface area contributed by atoms with E-state index in [2.05, 4.69) is 38.8 Å². The van der Waals surface area contributed by atoms with Gasteiger partial charge in [-0.1, -0.05) is 18.2 Å². The summed E-state index contributed by atoms with van der Waals surface area (Å²) in [6.45, 7) is 2.01. The number of aliphatic imine (C=N–C) groups is 1. The van der Waals surface area contributed by atoms with Crippen LogP contribution in [0.1, 0.15) is 12.1 Å². The number of aromatic nitrogens is 1. The molecule has 3 aromatic rings. The van der Waals surface area contributed by atoms with Gasteiger partial charge >= 0.3 is 0 Å². The van der Waals surface area contributed by atoms with Gasteiger partial charge < -0.3 is 25.1 Å². The quantitative estimate of drug-likeness (QED) is 0.301. The third-order valence-electron chi connectivity index (χ3n) is 4.27. The number of nitrogens with zero attached hydrogens (tertiary/aromatic N) is 1. The maximum absolute atomic E-state index is 5.74. The SMILES string of the molecule is CN=C(NCc1cc2ccccc2[nH]1)Nc1ccc2c(c1)OCCCO2.I. The number of hydrogen-bond acceptors (Lipinski definition) is 3. The van der Waals surface area contributed by atoms with Crippen molar-refractivity contribution in [3.8, 4) is 11.5 Å². The van der Waals surface area contributed by atoms with Gasteiger partial charge in [-0.2, -0.15) is 0 Å². The van der Waals surface area contributed by atoms with Gasteiger partial charge in [-0.25, -0.2) is 0 Å². The average molecular weight is 478 g/mol. The van der Waals surface area contributed by atoms with Crippen molar-refractivity contribution in [1.82, 2.24) is 10.3 Å². The largest absolute Gasteiger partial charge is 0.490 e. The van der Waals surface area contributed by atoms with E-state index in [0.29, 0.717) is 25.7 Å². The summed E-state index contributed by atoms with van der Waals surface area (Å²) < 4.78 is 11.4. The van der Waals surface area contributed by atoms with Gasteiger partial charge in [-0.3, -0.25) is 4.99 Å². The number of hydrogen-bond donors (Lipinski definition) is 3. The Bertz CT molecular complexity index is 906. The Kier molecular flexibility index (Phi) is 6.44. The molecule has 142 valence electrons. The molecule has 1 aliphatic heterocycles. The lowest BCUT2D eigenvalue weighted by molar-refractivity contribution is 0.297. The molecule has 0 saturated heterocycles. The van der Waals surface area contributed by atoms with Crippen molar-refractivity contribution < 1.29 is 9.47 Å². The van der Waals surface area contributed by atoms with Crippen molar-refractivity contribution in [2.45, 2.75) is 13.0 Å². The number of aromatic amines is 1. The number of ether oxygens (including phenoxy) is 2. The fraction of sp³-hybridized carbons (Fsp3) is 0.250. The molecule has 0 aliphatic carbocycles. The molecule has 0 bridgehead atoms. The lowest BCUT2D eigenvalue weighted by atomic mass is 10.2. The summed E-state index contributed by atoms with van der Waals surface area (Å²) in [5.41, 5.74) is 3.14. The fourth-order valence-corrected chi connectivity index (χ4v) is 2.96. The first-order valence-corrected chi connectivity index (χ1v) is 8.76. The summed E-state index contributed by atoms with van der Waals surface area (Å²) in [4.78, 5) is 7.70. The molecular formula is C20H23IN4O2. The zero-order chi connectivity index (χ0) is 17.8. The molecule has 7 heteroatoms. The second kappa shape index (κ2) is 8.98. The van der Waals surface area contributed by atoms with Gasteiger partial charge in [-0.15, -0.1) is 24.0 Å². The van der Waals surface area contributed by atoms with Crippen LogP contribution in [0.15, 0.2) is 53.5 Å². The molecule has 0 spiro atoms. The highest BCUT2D eigenvalue weighted by Crippen LogP contribution is 2.32. The predicted molar refractivity (Wildman–Crippen MR) is 120 cm³/mol. The Hall–Kier alpha value is -2.42. The number of para-hydroxylation sites is 1. The number of benzene rings is 2. The smallest absolute Gasteiger partial charge is 0.195 e. The number of anilines is 1. The topological polar surface area (TPSA) is 70.7 Å². The average Bonchev–Trinajstić information content (AvgIpc) is 2.94. The highest BCUT2D eigenvalue weighted by atomic mass is 127. The van der Waals surface area contributed by atoms with E-state index in [0.717, 1.165) is 34.8 Å². The molecule has 3 N–H and O–H groups in total. The maximum atomic E-state index is 5.74. The van der Waals surface area contributed by atoms with E-state index in [1.54, 1.807) is 7.05 Å². The molecular weight excluding hydrogens is 455 g/mol. The van der Waals surface area contributed by atoms with Gasteiger partial charge in [0.05, 0.1) is 19.8 Å². The minimum absolute atomic E-state index is 0. The molecule has 27 heavy (non-hydrogen) atoms. The van der Waals surface area contributed by atoms with Crippen molar-refractivity contribution >= 4 is 46.5 Å². The maximum Gasteiger partial charge on any atom is 0.195 e. The van der Waals surface area contributed by atoms with Crippen LogP contribution in [0, 0.1) is 0 Å². The number of rotatable bonds is 3. The number of halogens is 1. The molecule has 0 atom stereocenters. The van der Waals surface area contributed by atoms with Gasteiger partial charge in [0.25, 0.3) is 0 Å². The predicted octanol–water partition coefficient (Wildman–Crippen LogP) is 4.13. The third kappa shape index (κ3) is 4.65. The van der Waals surface area contributed by atoms with Gasteiger partial charge in [0.1, 0.15) is 0 Å². The van der Waals surface area contributed by atoms with Gasteiger partial charge in [0.2, 0.25) is 0 Å². The highest BCUT2D eigenvalue weighted by molar-refractivity contribution is 14.0. The second-order valence-corrected chi connectivity index (χ2v) is 6.14. The van der Waals surface area contributed by atoms with Crippen molar-refractivity contribution in [1.29, 1.82) is 0 Å². The molecule has 1 aromatic heterocycles. The van der Waals surface area contributed by atoms with E-state index in [1.165, 1.54) is 5.39 Å². The van der Waals surface area contributed by atoms with Crippen LogP contribution in [0.5, 0.6) is 11.5 Å². The van der Waals surface area contributed by atoms with E-state index in [9.17, 15) is 0 Å². The monoisotopic (exact) mass is 478 g/mol. The Morgan fingerprint density at radius 2 is 1.89 bits per heavy atom. The minimum Gasteiger partial charge on any atom is -0.490 e. The van der Waals surface area contributed by atoms with Crippen molar-refractivity contribution in [2.24, 2.45) is 4.99 Å². The molecule has 4 rings (SSSR count). The zero-order valence-corrected chi connectivity index (χ0v) is 17.4. The molecule has 2 heterocycles. The minimum atomic E-state index is 0. The second-order valence-electron chi connectivity index (χ2n) is 6.14. The van der Waals surface area contributed by atoms with Crippen molar-refractivity contribution in [3.05, 3.63) is 54.2 Å². The van der Waals surface area contributed by atoms with Crippen LogP contribution >= 0.6 is 24.0 Å². The van der Waals surface area contributed by atoms with Crippen LogP contribution in [0.2, 0.25) is 0 Å². The summed E-state index contributed by atoms with van der Waals surface area (Å²) in [6, 6.07) is 16.2. The molecule has 1 aliphatic rings. The summed E-state index contributed by atoms with van der Waals surface area (Å²) in [7, 11) is 1.75. The van der Waals surface area contributed by atoms with Gasteiger partial charge in [-0.05, 0) is 29.7 Å². The van der Waals surface area contributed by atoms with Crippen LogP contribution in [0.3, 0.4) is 0 Å². The Morgan fingerprint density at radius 3 is 2.70 bits per heavy atom. The van der Waals surface area contributed by atoms with Gasteiger partial charge in [0.15, 0.2) is 17.5 Å². The van der Waals surface area contributed by atoms with Gasteiger partial charge in [0, 0.05) is 36.4 Å². The number of H-pyrrole nitrogens is 1. The van der Waals surface area contributed by atoms with E-state index < -0.39 is 0 Å². The van der Waals surface area contributed by atoms with Crippen molar-refractivity contribution in [2.75, 3.05) is 25.6 Å². The molecule has 0 radical (unpaired) electrons. The number of fused-ring (bicyclic) bond motifs is 2.